The fourth-order valence-electron chi connectivity index (χ4n) is 2.23. The Hall–Kier alpha value is -1.20. The maximum absolute atomic E-state index is 4.40. The second kappa shape index (κ2) is 3.68. The summed E-state index contributed by atoms with van der Waals surface area (Å²) in [4.78, 5) is 5.80. The van der Waals surface area contributed by atoms with E-state index in [1.165, 1.54) is 21.8 Å². The molecule has 0 aliphatic carbocycles. The highest BCUT2D eigenvalue weighted by molar-refractivity contribution is 7.09. The monoisotopic (exact) mass is 234 g/mol. The van der Waals surface area contributed by atoms with Crippen molar-refractivity contribution in [2.45, 2.75) is 19.4 Å². The zero-order chi connectivity index (χ0) is 11.1. The molecule has 16 heavy (non-hydrogen) atoms. The summed E-state index contributed by atoms with van der Waals surface area (Å²) in [6.45, 7) is 4.01. The molecule has 0 amide bonds. The highest BCUT2D eigenvalue weighted by atomic mass is 32.1. The molecule has 0 radical (unpaired) electrons. The third-order valence-corrected chi connectivity index (χ3v) is 4.26. The molecule has 4 nitrogen and oxygen atoms in total. The quantitative estimate of drug-likeness (QED) is 0.811. The van der Waals surface area contributed by atoms with Crippen LogP contribution in [-0.4, -0.2) is 21.3 Å². The van der Waals surface area contributed by atoms with Crippen LogP contribution in [-0.2, 0) is 13.6 Å². The highest BCUT2D eigenvalue weighted by Gasteiger charge is 2.26. The van der Waals surface area contributed by atoms with Crippen molar-refractivity contribution in [2.24, 2.45) is 7.05 Å². The largest absolute Gasteiger partial charge is 0.310 e. The molecular formula is C11H14N4S. The maximum atomic E-state index is 4.40. The topological polar surface area (TPSA) is 42.7 Å². The number of thiazole rings is 1. The molecule has 0 fully saturated rings. The van der Waals surface area contributed by atoms with Gasteiger partial charge in [0.15, 0.2) is 0 Å². The molecule has 1 aliphatic rings. The summed E-state index contributed by atoms with van der Waals surface area (Å²) in [5.74, 6) is 0.421. The molecule has 5 heteroatoms. The van der Waals surface area contributed by atoms with Crippen molar-refractivity contribution in [1.29, 1.82) is 0 Å². The number of aryl methyl sites for hydroxylation is 1. The average molecular weight is 234 g/mol. The molecule has 0 saturated heterocycles. The van der Waals surface area contributed by atoms with Gasteiger partial charge < -0.3 is 5.32 Å². The second-order valence-corrected chi connectivity index (χ2v) is 5.04. The van der Waals surface area contributed by atoms with Gasteiger partial charge in [-0.05, 0) is 6.92 Å². The SMILES string of the molecule is Cc1c(C2CNCc3ncsc32)cnn1C. The van der Waals surface area contributed by atoms with Gasteiger partial charge in [-0.1, -0.05) is 0 Å². The van der Waals surface area contributed by atoms with Gasteiger partial charge in [0, 0.05) is 42.2 Å². The fraction of sp³-hybridized carbons (Fsp3) is 0.455. The lowest BCUT2D eigenvalue weighted by Crippen LogP contribution is -2.28. The van der Waals surface area contributed by atoms with E-state index in [-0.39, 0.29) is 0 Å². The van der Waals surface area contributed by atoms with Crippen molar-refractivity contribution in [3.8, 4) is 0 Å². The van der Waals surface area contributed by atoms with Gasteiger partial charge in [0.2, 0.25) is 0 Å². The first-order valence-corrected chi connectivity index (χ1v) is 6.27. The Balaban J connectivity index is 2.07. The third-order valence-electron chi connectivity index (χ3n) is 3.28. The van der Waals surface area contributed by atoms with Crippen LogP contribution in [0.5, 0.6) is 0 Å². The van der Waals surface area contributed by atoms with Crippen molar-refractivity contribution in [3.63, 3.8) is 0 Å². The van der Waals surface area contributed by atoms with Crippen molar-refractivity contribution in [3.05, 3.63) is 33.5 Å². The fourth-order valence-corrected chi connectivity index (χ4v) is 3.16. The van der Waals surface area contributed by atoms with Gasteiger partial charge in [-0.15, -0.1) is 11.3 Å². The minimum absolute atomic E-state index is 0.421. The molecule has 1 N–H and O–H groups in total. The molecule has 2 aromatic heterocycles. The van der Waals surface area contributed by atoms with E-state index in [0.717, 1.165) is 13.1 Å². The lowest BCUT2D eigenvalue weighted by atomic mass is 9.94. The summed E-state index contributed by atoms with van der Waals surface area (Å²) in [6, 6.07) is 0. The van der Waals surface area contributed by atoms with Gasteiger partial charge in [-0.25, -0.2) is 4.98 Å². The van der Waals surface area contributed by atoms with Crippen LogP contribution in [0.25, 0.3) is 0 Å². The molecule has 1 atom stereocenters. The van der Waals surface area contributed by atoms with E-state index in [2.05, 4.69) is 22.3 Å². The first-order valence-electron chi connectivity index (χ1n) is 5.39. The standard InChI is InChI=1S/C11H14N4S/c1-7-8(4-14-15(7)2)9-3-12-5-10-11(9)16-6-13-10/h4,6,9,12H,3,5H2,1-2H3. The maximum Gasteiger partial charge on any atom is 0.0798 e. The van der Waals surface area contributed by atoms with Crippen LogP contribution >= 0.6 is 11.3 Å². The number of hydrogen-bond donors (Lipinski definition) is 1. The summed E-state index contributed by atoms with van der Waals surface area (Å²) in [5.41, 5.74) is 5.70. The second-order valence-electron chi connectivity index (χ2n) is 4.16. The number of nitrogens with zero attached hydrogens (tertiary/aromatic N) is 3. The smallest absolute Gasteiger partial charge is 0.0798 e. The van der Waals surface area contributed by atoms with E-state index < -0.39 is 0 Å². The van der Waals surface area contributed by atoms with Crippen LogP contribution in [0.3, 0.4) is 0 Å². The molecule has 1 unspecified atom stereocenters. The lowest BCUT2D eigenvalue weighted by Gasteiger charge is -2.22. The molecule has 0 aromatic carbocycles. The van der Waals surface area contributed by atoms with E-state index in [4.69, 9.17) is 0 Å². The van der Waals surface area contributed by atoms with Crippen molar-refractivity contribution in [2.75, 3.05) is 6.54 Å². The lowest BCUT2D eigenvalue weighted by molar-refractivity contribution is 0.587. The summed E-state index contributed by atoms with van der Waals surface area (Å²) in [7, 11) is 1.99. The van der Waals surface area contributed by atoms with Crippen LogP contribution in [0.15, 0.2) is 11.7 Å². The van der Waals surface area contributed by atoms with E-state index in [1.807, 2.05) is 23.4 Å². The molecule has 3 rings (SSSR count). The Bertz CT molecular complexity index is 514. The molecular weight excluding hydrogens is 220 g/mol. The molecule has 84 valence electrons. The first-order chi connectivity index (χ1) is 7.77. The molecule has 3 heterocycles. The van der Waals surface area contributed by atoms with Gasteiger partial charge in [0.05, 0.1) is 17.4 Å². The summed E-state index contributed by atoms with van der Waals surface area (Å²) in [5, 5.41) is 7.74. The minimum atomic E-state index is 0.421. The highest BCUT2D eigenvalue weighted by Crippen LogP contribution is 2.33. The van der Waals surface area contributed by atoms with Gasteiger partial charge in [-0.2, -0.15) is 5.10 Å². The number of nitrogens with one attached hydrogen (secondary N) is 1. The van der Waals surface area contributed by atoms with Crippen LogP contribution < -0.4 is 5.32 Å². The number of hydrogen-bond acceptors (Lipinski definition) is 4. The molecule has 1 aliphatic heterocycles. The van der Waals surface area contributed by atoms with Crippen molar-refractivity contribution < 1.29 is 0 Å². The van der Waals surface area contributed by atoms with Crippen LogP contribution in [0.2, 0.25) is 0 Å². The first kappa shape index (κ1) is 9.99. The van der Waals surface area contributed by atoms with Gasteiger partial charge in [-0.3, -0.25) is 4.68 Å². The summed E-state index contributed by atoms with van der Waals surface area (Å²) >= 11 is 1.76. The van der Waals surface area contributed by atoms with Crippen LogP contribution in [0.4, 0.5) is 0 Å². The Morgan fingerprint density at radius 3 is 3.19 bits per heavy atom. The molecule has 0 spiro atoms. The predicted molar refractivity (Wildman–Crippen MR) is 63.6 cm³/mol. The zero-order valence-electron chi connectivity index (χ0n) is 9.40. The Kier molecular flexibility index (Phi) is 2.29. The van der Waals surface area contributed by atoms with Crippen molar-refractivity contribution >= 4 is 11.3 Å². The van der Waals surface area contributed by atoms with Gasteiger partial charge in [0.1, 0.15) is 0 Å². The number of rotatable bonds is 1. The van der Waals surface area contributed by atoms with Crippen molar-refractivity contribution in [1.82, 2.24) is 20.1 Å². The van der Waals surface area contributed by atoms with Gasteiger partial charge in [0.25, 0.3) is 0 Å². The Morgan fingerprint density at radius 1 is 1.56 bits per heavy atom. The van der Waals surface area contributed by atoms with E-state index in [0.29, 0.717) is 5.92 Å². The Labute approximate surface area is 98.3 Å². The number of fused-ring (bicyclic) bond motifs is 1. The summed E-state index contributed by atoms with van der Waals surface area (Å²) in [6.07, 6.45) is 1.98. The normalized spacial score (nSPS) is 19.8. The number of aromatic nitrogens is 3. The molecule has 2 aromatic rings. The summed E-state index contributed by atoms with van der Waals surface area (Å²) < 4.78 is 1.94. The zero-order valence-corrected chi connectivity index (χ0v) is 10.2. The Morgan fingerprint density at radius 2 is 2.44 bits per heavy atom. The predicted octanol–water partition coefficient (Wildman–Crippen LogP) is 1.42. The van der Waals surface area contributed by atoms with Crippen LogP contribution in [0, 0.1) is 6.92 Å². The van der Waals surface area contributed by atoms with E-state index in [9.17, 15) is 0 Å². The van der Waals surface area contributed by atoms with E-state index >= 15 is 0 Å². The van der Waals surface area contributed by atoms with Crippen LogP contribution in [0.1, 0.15) is 27.7 Å². The van der Waals surface area contributed by atoms with Gasteiger partial charge >= 0.3 is 0 Å². The average Bonchev–Trinajstić information content (AvgIpc) is 2.87. The third kappa shape index (κ3) is 1.39. The molecule has 0 bridgehead atoms. The molecule has 0 saturated carbocycles. The van der Waals surface area contributed by atoms with E-state index in [1.54, 1.807) is 11.3 Å². The minimum Gasteiger partial charge on any atom is -0.310 e.